The van der Waals surface area contributed by atoms with E-state index in [0.29, 0.717) is 0 Å². The summed E-state index contributed by atoms with van der Waals surface area (Å²) in [4.78, 5) is 10.1. The molecule has 0 aliphatic rings. The van der Waals surface area contributed by atoms with Crippen LogP contribution in [0, 0.1) is 0 Å². The van der Waals surface area contributed by atoms with Gasteiger partial charge in [-0.15, -0.1) is 0 Å². The van der Waals surface area contributed by atoms with Crippen molar-refractivity contribution in [3.05, 3.63) is 136 Å². The molecule has 0 aliphatic carbocycles. The van der Waals surface area contributed by atoms with Crippen LogP contribution in [0.2, 0.25) is 0 Å². The van der Waals surface area contributed by atoms with E-state index in [4.69, 9.17) is 9.97 Å². The van der Waals surface area contributed by atoms with Crippen molar-refractivity contribution in [3.63, 3.8) is 0 Å². The third-order valence-corrected chi connectivity index (χ3v) is 7.85. The molecule has 0 atom stereocenters. The molecule has 5 aromatic carbocycles. The Bertz CT molecular complexity index is 1960. The van der Waals surface area contributed by atoms with E-state index in [2.05, 4.69) is 133 Å². The first-order valence-electron chi connectivity index (χ1n) is 12.6. The fourth-order valence-electron chi connectivity index (χ4n) is 5.04. The first-order valence-corrected chi connectivity index (χ1v) is 14.2. The molecule has 7 rings (SSSR count). The molecule has 0 spiro atoms. The number of imidazole rings is 1. The molecular weight excluding hydrogens is 610 g/mol. The highest BCUT2D eigenvalue weighted by atomic mass is 79.9. The molecule has 5 heteroatoms. The monoisotopic (exact) mass is 629 g/mol. The van der Waals surface area contributed by atoms with Gasteiger partial charge in [-0.3, -0.25) is 4.57 Å². The summed E-state index contributed by atoms with van der Waals surface area (Å²) in [6.07, 6.45) is 1.95. The van der Waals surface area contributed by atoms with Gasteiger partial charge in [0.15, 0.2) is 5.65 Å². The minimum Gasteiger partial charge on any atom is -0.277 e. The maximum atomic E-state index is 5.12. The maximum absolute atomic E-state index is 5.12. The quantitative estimate of drug-likeness (QED) is 0.194. The maximum Gasteiger partial charge on any atom is 0.164 e. The van der Waals surface area contributed by atoms with Gasteiger partial charge in [-0.25, -0.2) is 9.97 Å². The van der Waals surface area contributed by atoms with Crippen LogP contribution >= 0.6 is 31.9 Å². The second-order valence-corrected chi connectivity index (χ2v) is 11.3. The van der Waals surface area contributed by atoms with E-state index in [0.717, 1.165) is 59.4 Å². The number of rotatable bonds is 4. The Labute approximate surface area is 243 Å². The van der Waals surface area contributed by atoms with Crippen LogP contribution in [0.1, 0.15) is 0 Å². The molecule has 0 bridgehead atoms. The van der Waals surface area contributed by atoms with E-state index in [1.54, 1.807) is 0 Å². The molecule has 0 fully saturated rings. The minimum atomic E-state index is 0.834. The van der Waals surface area contributed by atoms with Crippen molar-refractivity contribution in [2.45, 2.75) is 0 Å². The summed E-state index contributed by atoms with van der Waals surface area (Å²) < 4.78 is 4.22. The average Bonchev–Trinajstić information content (AvgIpc) is 3.36. The van der Waals surface area contributed by atoms with E-state index in [9.17, 15) is 0 Å². The topological polar surface area (TPSA) is 30.7 Å². The first kappa shape index (κ1) is 24.0. The zero-order chi connectivity index (χ0) is 26.3. The van der Waals surface area contributed by atoms with Crippen LogP contribution in [-0.2, 0) is 0 Å². The predicted octanol–water partition coefficient (Wildman–Crippen LogP) is 10.1. The number of para-hydroxylation sites is 1. The van der Waals surface area contributed by atoms with Gasteiger partial charge in [0.2, 0.25) is 0 Å². The van der Waals surface area contributed by atoms with Gasteiger partial charge in [0, 0.05) is 32.0 Å². The molecule has 0 radical (unpaired) electrons. The van der Waals surface area contributed by atoms with Gasteiger partial charge in [0.1, 0.15) is 11.3 Å². The van der Waals surface area contributed by atoms with Crippen LogP contribution in [0.4, 0.5) is 0 Å². The molecule has 0 aliphatic heterocycles. The zero-order valence-electron chi connectivity index (χ0n) is 20.7. The Balaban J connectivity index is 1.36. The summed E-state index contributed by atoms with van der Waals surface area (Å²) in [7, 11) is 0. The number of aromatic nitrogens is 3. The minimum absolute atomic E-state index is 0.834. The number of benzene rings is 5. The first-order chi connectivity index (χ1) is 19.1. The molecule has 7 aromatic rings. The lowest BCUT2D eigenvalue weighted by Gasteiger charge is -2.10. The Morgan fingerprint density at radius 2 is 1.18 bits per heavy atom. The molecule has 0 amide bonds. The molecule has 39 heavy (non-hydrogen) atoms. The average molecular weight is 631 g/mol. The lowest BCUT2D eigenvalue weighted by atomic mass is 10.0. The lowest BCUT2D eigenvalue weighted by molar-refractivity contribution is 1.08. The van der Waals surface area contributed by atoms with E-state index >= 15 is 0 Å². The second kappa shape index (κ2) is 9.92. The summed E-state index contributed by atoms with van der Waals surface area (Å²) in [6.45, 7) is 0. The largest absolute Gasteiger partial charge is 0.277 e. The van der Waals surface area contributed by atoms with Crippen LogP contribution in [0.5, 0.6) is 0 Å². The normalized spacial score (nSPS) is 11.3. The summed E-state index contributed by atoms with van der Waals surface area (Å²) in [6, 6.07) is 42.2. The molecular formula is C34H21Br2N3. The smallest absolute Gasteiger partial charge is 0.164 e. The molecule has 0 saturated carbocycles. The van der Waals surface area contributed by atoms with Crippen molar-refractivity contribution >= 4 is 53.8 Å². The number of pyridine rings is 1. The third kappa shape index (κ3) is 4.58. The van der Waals surface area contributed by atoms with Gasteiger partial charge in [-0.2, -0.15) is 0 Å². The molecule has 0 unspecified atom stereocenters. The van der Waals surface area contributed by atoms with Crippen LogP contribution in [0.15, 0.2) is 136 Å². The fraction of sp³-hybridized carbons (Fsp3) is 0. The molecule has 0 saturated heterocycles. The standard InChI is InChI=1S/C34H21Br2N3/c35-29-17-27(18-30(36)20-29)23-10-13-24(14-11-23)33-38-32-19-28(26-15-12-22-6-4-5-7-25(22)16-26)21-37-34(32)39(33)31-8-2-1-3-9-31/h1-21H. The number of halogens is 2. The highest BCUT2D eigenvalue weighted by molar-refractivity contribution is 9.11. The van der Waals surface area contributed by atoms with Gasteiger partial charge in [-0.1, -0.05) is 111 Å². The molecule has 2 aromatic heterocycles. The highest BCUT2D eigenvalue weighted by Gasteiger charge is 2.17. The Morgan fingerprint density at radius 1 is 0.513 bits per heavy atom. The molecule has 0 N–H and O–H groups in total. The number of hydrogen-bond donors (Lipinski definition) is 0. The zero-order valence-corrected chi connectivity index (χ0v) is 23.9. The lowest BCUT2D eigenvalue weighted by Crippen LogP contribution is -1.98. The predicted molar refractivity (Wildman–Crippen MR) is 168 cm³/mol. The van der Waals surface area contributed by atoms with Crippen molar-refractivity contribution in [1.82, 2.24) is 14.5 Å². The molecule has 3 nitrogen and oxygen atoms in total. The van der Waals surface area contributed by atoms with E-state index in [1.165, 1.54) is 10.8 Å². The van der Waals surface area contributed by atoms with Crippen LogP contribution in [-0.4, -0.2) is 14.5 Å². The summed E-state index contributed by atoms with van der Waals surface area (Å²) in [5.74, 6) is 0.862. The second-order valence-electron chi connectivity index (χ2n) is 9.47. The van der Waals surface area contributed by atoms with Crippen molar-refractivity contribution in [2.75, 3.05) is 0 Å². The van der Waals surface area contributed by atoms with Crippen LogP contribution in [0.25, 0.3) is 61.3 Å². The van der Waals surface area contributed by atoms with E-state index < -0.39 is 0 Å². The van der Waals surface area contributed by atoms with Gasteiger partial charge in [0.25, 0.3) is 0 Å². The van der Waals surface area contributed by atoms with E-state index in [-0.39, 0.29) is 0 Å². The number of nitrogens with zero attached hydrogens (tertiary/aromatic N) is 3. The van der Waals surface area contributed by atoms with Gasteiger partial charge in [-0.05, 0) is 69.9 Å². The summed E-state index contributed by atoms with van der Waals surface area (Å²) in [5, 5.41) is 2.44. The molecule has 2 heterocycles. The Morgan fingerprint density at radius 3 is 1.95 bits per heavy atom. The summed E-state index contributed by atoms with van der Waals surface area (Å²) >= 11 is 7.20. The van der Waals surface area contributed by atoms with Crippen molar-refractivity contribution in [1.29, 1.82) is 0 Å². The Hall–Kier alpha value is -4.06. The van der Waals surface area contributed by atoms with Crippen LogP contribution < -0.4 is 0 Å². The van der Waals surface area contributed by atoms with Crippen molar-refractivity contribution < 1.29 is 0 Å². The van der Waals surface area contributed by atoms with Crippen LogP contribution in [0.3, 0.4) is 0 Å². The molecule has 186 valence electrons. The SMILES string of the molecule is Brc1cc(Br)cc(-c2ccc(-c3nc4cc(-c5ccc6ccccc6c5)cnc4n3-c3ccccc3)cc2)c1. The van der Waals surface area contributed by atoms with Gasteiger partial charge >= 0.3 is 0 Å². The third-order valence-electron chi connectivity index (χ3n) is 6.93. The number of hydrogen-bond acceptors (Lipinski definition) is 2. The fourth-order valence-corrected chi connectivity index (χ4v) is 6.33. The van der Waals surface area contributed by atoms with Crippen molar-refractivity contribution in [2.24, 2.45) is 0 Å². The van der Waals surface area contributed by atoms with Crippen molar-refractivity contribution in [3.8, 4) is 39.3 Å². The summed E-state index contributed by atoms with van der Waals surface area (Å²) in [5.41, 5.74) is 8.21. The van der Waals surface area contributed by atoms with Gasteiger partial charge in [0.05, 0.1) is 0 Å². The number of fused-ring (bicyclic) bond motifs is 2. The van der Waals surface area contributed by atoms with Gasteiger partial charge < -0.3 is 0 Å². The van der Waals surface area contributed by atoms with E-state index in [1.807, 2.05) is 30.5 Å². The Kier molecular flexibility index (Phi) is 6.11. The highest BCUT2D eigenvalue weighted by Crippen LogP contribution is 2.33.